The first kappa shape index (κ1) is 20.4. The summed E-state index contributed by atoms with van der Waals surface area (Å²) >= 11 is 3.19. The van der Waals surface area contributed by atoms with Crippen molar-refractivity contribution >= 4 is 27.9 Å². The van der Waals surface area contributed by atoms with Gasteiger partial charge in [0.15, 0.2) is 24.7 Å². The molecule has 1 N–H and O–H groups in total. The van der Waals surface area contributed by atoms with Crippen LogP contribution in [0, 0.1) is 0 Å². The van der Waals surface area contributed by atoms with Crippen molar-refractivity contribution in [1.82, 2.24) is 0 Å². The van der Waals surface area contributed by atoms with Crippen LogP contribution >= 0.6 is 15.9 Å². The summed E-state index contributed by atoms with van der Waals surface area (Å²) in [4.78, 5) is 24.8. The van der Waals surface area contributed by atoms with E-state index in [2.05, 4.69) is 15.9 Å². The van der Waals surface area contributed by atoms with E-state index in [1.807, 2.05) is 0 Å². The van der Waals surface area contributed by atoms with Crippen LogP contribution in [-0.2, 0) is 14.2 Å². The van der Waals surface area contributed by atoms with Gasteiger partial charge in [0.2, 0.25) is 0 Å². The molecule has 0 spiro atoms. The van der Waals surface area contributed by atoms with Crippen LogP contribution in [0.25, 0.3) is 0 Å². The maximum Gasteiger partial charge on any atom is 0.338 e. The number of hydrogen-bond donors (Lipinski definition) is 1. The van der Waals surface area contributed by atoms with Gasteiger partial charge in [-0.2, -0.15) is 0 Å². The molecule has 1 aliphatic rings. The molecule has 28 heavy (non-hydrogen) atoms. The normalized spacial score (nSPS) is 27.0. The second-order valence-corrected chi connectivity index (χ2v) is 6.78. The number of halogens is 2. The van der Waals surface area contributed by atoms with Gasteiger partial charge in [-0.25, -0.2) is 14.0 Å². The van der Waals surface area contributed by atoms with Crippen molar-refractivity contribution in [1.29, 1.82) is 0 Å². The van der Waals surface area contributed by atoms with Crippen molar-refractivity contribution in [2.24, 2.45) is 0 Å². The van der Waals surface area contributed by atoms with Gasteiger partial charge in [0.1, 0.15) is 6.10 Å². The highest BCUT2D eigenvalue weighted by atomic mass is 79.9. The van der Waals surface area contributed by atoms with Crippen molar-refractivity contribution in [3.63, 3.8) is 0 Å². The topological polar surface area (TPSA) is 82.1 Å². The SMILES string of the molecule is O=C(O[C@H]1[C@@H](F)[C@H](O)O[C@H](CBr)[C@H]1OC(=O)c1ccccc1)c1ccccc1. The summed E-state index contributed by atoms with van der Waals surface area (Å²) in [5, 5.41) is 9.98. The van der Waals surface area contributed by atoms with Gasteiger partial charge in [0.25, 0.3) is 0 Å². The van der Waals surface area contributed by atoms with E-state index in [0.29, 0.717) is 0 Å². The second-order valence-electron chi connectivity index (χ2n) is 6.14. The Morgan fingerprint density at radius 1 is 0.929 bits per heavy atom. The number of carbonyl (C=O) groups is 2. The molecule has 3 rings (SSSR count). The molecule has 6 nitrogen and oxygen atoms in total. The lowest BCUT2D eigenvalue weighted by molar-refractivity contribution is -0.258. The number of aliphatic hydroxyl groups is 1. The standard InChI is InChI=1S/C20H18BrFO6/c21-11-14-16(27-18(23)12-7-3-1-4-8-12)17(15(22)20(25)26-14)28-19(24)13-9-5-2-6-10-13/h1-10,14-17,20,25H,11H2/t14-,15-,16-,17+,20-/m1/s1. The van der Waals surface area contributed by atoms with Crippen molar-refractivity contribution in [3.8, 4) is 0 Å². The van der Waals surface area contributed by atoms with Gasteiger partial charge in [0, 0.05) is 5.33 Å². The van der Waals surface area contributed by atoms with Crippen LogP contribution in [0.2, 0.25) is 0 Å². The molecule has 1 heterocycles. The van der Waals surface area contributed by atoms with Crippen LogP contribution in [0.5, 0.6) is 0 Å². The summed E-state index contributed by atoms with van der Waals surface area (Å²) in [6.45, 7) is 0. The van der Waals surface area contributed by atoms with Gasteiger partial charge in [-0.3, -0.25) is 0 Å². The first-order valence-corrected chi connectivity index (χ1v) is 9.69. The molecule has 8 heteroatoms. The molecule has 2 aromatic rings. The fourth-order valence-electron chi connectivity index (χ4n) is 2.82. The van der Waals surface area contributed by atoms with Gasteiger partial charge in [-0.05, 0) is 24.3 Å². The molecule has 0 aromatic heterocycles. The average Bonchev–Trinajstić information content (AvgIpc) is 2.74. The Morgan fingerprint density at radius 2 is 1.39 bits per heavy atom. The van der Waals surface area contributed by atoms with Gasteiger partial charge < -0.3 is 19.3 Å². The molecule has 2 aromatic carbocycles. The summed E-state index contributed by atoms with van der Waals surface area (Å²) in [5.41, 5.74) is 0.463. The number of rotatable bonds is 5. The predicted octanol–water partition coefficient (Wildman–Crippen LogP) is 2.89. The highest BCUT2D eigenvalue weighted by Crippen LogP contribution is 2.29. The minimum atomic E-state index is -2.09. The quantitative estimate of drug-likeness (QED) is 0.554. The van der Waals surface area contributed by atoms with Crippen molar-refractivity contribution in [3.05, 3.63) is 71.8 Å². The highest BCUT2D eigenvalue weighted by molar-refractivity contribution is 9.09. The number of aliphatic hydroxyl groups excluding tert-OH is 1. The second kappa shape index (κ2) is 9.27. The molecule has 0 bridgehead atoms. The summed E-state index contributed by atoms with van der Waals surface area (Å²) in [5.74, 6) is -1.51. The van der Waals surface area contributed by atoms with Crippen LogP contribution in [0.4, 0.5) is 4.39 Å². The van der Waals surface area contributed by atoms with E-state index in [1.165, 1.54) is 12.1 Å². The summed E-state index contributed by atoms with van der Waals surface area (Å²) in [6, 6.07) is 16.2. The van der Waals surface area contributed by atoms with E-state index < -0.39 is 42.7 Å². The van der Waals surface area contributed by atoms with Gasteiger partial charge in [0.05, 0.1) is 11.1 Å². The van der Waals surface area contributed by atoms with Gasteiger partial charge >= 0.3 is 11.9 Å². The fourth-order valence-corrected chi connectivity index (χ4v) is 3.34. The third-order valence-electron chi connectivity index (χ3n) is 4.25. The Morgan fingerprint density at radius 3 is 1.86 bits per heavy atom. The molecule has 1 aliphatic heterocycles. The first-order chi connectivity index (χ1) is 13.5. The molecule has 0 unspecified atom stereocenters. The Balaban J connectivity index is 1.83. The molecule has 0 amide bonds. The number of carbonyl (C=O) groups excluding carboxylic acids is 2. The zero-order chi connectivity index (χ0) is 20.1. The van der Waals surface area contributed by atoms with Crippen molar-refractivity contribution in [2.45, 2.75) is 30.8 Å². The van der Waals surface area contributed by atoms with Gasteiger partial charge in [-0.1, -0.05) is 52.3 Å². The predicted molar refractivity (Wildman–Crippen MR) is 101 cm³/mol. The first-order valence-electron chi connectivity index (χ1n) is 8.57. The van der Waals surface area contributed by atoms with E-state index in [-0.39, 0.29) is 16.5 Å². The van der Waals surface area contributed by atoms with Crippen molar-refractivity contribution < 1.29 is 33.3 Å². The van der Waals surface area contributed by atoms with Crippen LogP contribution < -0.4 is 0 Å². The molecule has 0 aliphatic carbocycles. The number of alkyl halides is 2. The molecule has 148 valence electrons. The van der Waals surface area contributed by atoms with Crippen molar-refractivity contribution in [2.75, 3.05) is 5.33 Å². The zero-order valence-corrected chi connectivity index (χ0v) is 16.2. The van der Waals surface area contributed by atoms with E-state index in [0.717, 1.165) is 0 Å². The minimum Gasteiger partial charge on any atom is -0.452 e. The average molecular weight is 453 g/mol. The molecule has 1 fully saturated rings. The lowest BCUT2D eigenvalue weighted by Crippen LogP contribution is -2.59. The fraction of sp³-hybridized carbons (Fsp3) is 0.300. The molecule has 5 atom stereocenters. The molecule has 0 radical (unpaired) electrons. The smallest absolute Gasteiger partial charge is 0.338 e. The van der Waals surface area contributed by atoms with Crippen LogP contribution in [0.15, 0.2) is 60.7 Å². The molecular formula is C20H18BrFO6. The minimum absolute atomic E-state index is 0.128. The van der Waals surface area contributed by atoms with E-state index >= 15 is 0 Å². The van der Waals surface area contributed by atoms with Crippen LogP contribution in [0.3, 0.4) is 0 Å². The number of hydrogen-bond acceptors (Lipinski definition) is 6. The third-order valence-corrected chi connectivity index (χ3v) is 4.89. The Kier molecular flexibility index (Phi) is 6.77. The van der Waals surface area contributed by atoms with Gasteiger partial charge in [-0.15, -0.1) is 0 Å². The highest BCUT2D eigenvalue weighted by Gasteiger charge is 2.50. The summed E-state index contributed by atoms with van der Waals surface area (Å²) in [6.07, 6.45) is -7.60. The maximum atomic E-state index is 14.7. The van der Waals surface area contributed by atoms with Crippen LogP contribution in [0.1, 0.15) is 20.7 Å². The Bertz CT molecular complexity index is 749. The number of esters is 2. The Labute approximate surface area is 169 Å². The zero-order valence-electron chi connectivity index (χ0n) is 14.6. The molecule has 1 saturated heterocycles. The maximum absolute atomic E-state index is 14.7. The lowest BCUT2D eigenvalue weighted by Gasteiger charge is -2.40. The summed E-state index contributed by atoms with van der Waals surface area (Å²) < 4.78 is 30.6. The molecular weight excluding hydrogens is 435 g/mol. The number of ether oxygens (including phenoxy) is 3. The summed E-state index contributed by atoms with van der Waals surface area (Å²) in [7, 11) is 0. The Hall–Kier alpha value is -2.29. The third kappa shape index (κ3) is 4.57. The largest absolute Gasteiger partial charge is 0.452 e. The number of benzene rings is 2. The monoisotopic (exact) mass is 452 g/mol. The lowest BCUT2D eigenvalue weighted by atomic mass is 10.00. The van der Waals surface area contributed by atoms with E-state index in [4.69, 9.17) is 14.2 Å². The van der Waals surface area contributed by atoms with E-state index in [1.54, 1.807) is 48.5 Å². The molecule has 0 saturated carbocycles. The van der Waals surface area contributed by atoms with Crippen LogP contribution in [-0.4, -0.2) is 53.1 Å². The van der Waals surface area contributed by atoms with E-state index in [9.17, 15) is 19.1 Å².